The van der Waals surface area contributed by atoms with Crippen LogP contribution in [-0.4, -0.2) is 37.0 Å². The minimum absolute atomic E-state index is 0.0627. The first-order valence-corrected chi connectivity index (χ1v) is 7.50. The summed E-state index contributed by atoms with van der Waals surface area (Å²) in [4.78, 5) is 25.0. The van der Waals surface area contributed by atoms with Gasteiger partial charge >= 0.3 is 5.97 Å². The predicted molar refractivity (Wildman–Crippen MR) is 90.3 cm³/mol. The quantitative estimate of drug-likeness (QED) is 0.550. The summed E-state index contributed by atoms with van der Waals surface area (Å²) in [6.45, 7) is -0.0627. The predicted octanol–water partition coefficient (Wildman–Crippen LogP) is 1.98. The van der Waals surface area contributed by atoms with Crippen LogP contribution in [0.15, 0.2) is 33.5 Å². The molecule has 0 atom stereocenters. The second-order valence-corrected chi connectivity index (χ2v) is 5.40. The Morgan fingerprint density at radius 1 is 1.16 bits per heavy atom. The van der Waals surface area contributed by atoms with Gasteiger partial charge in [0.2, 0.25) is 5.43 Å². The number of carbonyl (C=O) groups is 1. The number of hydrogen-bond donors (Lipinski definition) is 2. The molecule has 3 rings (SSSR count). The number of phenolic OH excluding ortho intramolecular Hbond substituents is 1. The summed E-state index contributed by atoms with van der Waals surface area (Å²) in [7, 11) is 2.57. The largest absolute Gasteiger partial charge is 0.507 e. The highest BCUT2D eigenvalue weighted by Crippen LogP contribution is 2.32. The zero-order chi connectivity index (χ0) is 18.1. The number of hydrogen-bond acceptors (Lipinski definition) is 7. The normalized spacial score (nSPS) is 11.0. The number of ether oxygens (including phenoxy) is 2. The third-order valence-corrected chi connectivity index (χ3v) is 3.95. The number of esters is 1. The Balaban J connectivity index is 2.49. The van der Waals surface area contributed by atoms with Gasteiger partial charge in [-0.1, -0.05) is 0 Å². The first-order chi connectivity index (χ1) is 12.0. The highest BCUT2D eigenvalue weighted by molar-refractivity contribution is 6.08. The van der Waals surface area contributed by atoms with Crippen molar-refractivity contribution in [3.8, 4) is 11.5 Å². The van der Waals surface area contributed by atoms with E-state index in [1.165, 1.54) is 19.2 Å². The molecule has 3 aromatic rings. The van der Waals surface area contributed by atoms with Crippen molar-refractivity contribution in [1.29, 1.82) is 0 Å². The summed E-state index contributed by atoms with van der Waals surface area (Å²) in [5.74, 6) is -0.955. The minimum atomic E-state index is -0.842. The molecule has 0 aliphatic heterocycles. The van der Waals surface area contributed by atoms with Gasteiger partial charge in [-0.3, -0.25) is 4.79 Å². The van der Waals surface area contributed by atoms with Gasteiger partial charge in [0.15, 0.2) is 0 Å². The zero-order valence-electron chi connectivity index (χ0n) is 13.7. The number of rotatable bonds is 4. The Morgan fingerprint density at radius 3 is 2.56 bits per heavy atom. The number of aliphatic hydroxyl groups is 1. The highest BCUT2D eigenvalue weighted by Gasteiger charge is 2.22. The molecule has 0 bridgehead atoms. The van der Waals surface area contributed by atoms with Crippen molar-refractivity contribution in [1.82, 2.24) is 0 Å². The van der Waals surface area contributed by atoms with E-state index in [4.69, 9.17) is 14.3 Å². The van der Waals surface area contributed by atoms with Crippen LogP contribution in [0.1, 0.15) is 15.9 Å². The Bertz CT molecular complexity index is 1030. The van der Waals surface area contributed by atoms with Crippen LogP contribution in [-0.2, 0) is 11.2 Å². The van der Waals surface area contributed by atoms with Crippen molar-refractivity contribution in [2.24, 2.45) is 0 Å². The third kappa shape index (κ3) is 2.68. The van der Waals surface area contributed by atoms with Crippen LogP contribution in [0.3, 0.4) is 0 Å². The van der Waals surface area contributed by atoms with Gasteiger partial charge in [-0.15, -0.1) is 0 Å². The topological polar surface area (TPSA) is 106 Å². The van der Waals surface area contributed by atoms with Crippen molar-refractivity contribution < 1.29 is 28.9 Å². The van der Waals surface area contributed by atoms with E-state index < -0.39 is 11.4 Å². The second kappa shape index (κ2) is 6.45. The number of carbonyl (C=O) groups excluding carboxylic acids is 1. The van der Waals surface area contributed by atoms with Gasteiger partial charge in [-0.2, -0.15) is 0 Å². The van der Waals surface area contributed by atoms with Crippen molar-refractivity contribution in [2.75, 3.05) is 20.8 Å². The number of methoxy groups -OCH3 is 2. The minimum Gasteiger partial charge on any atom is -0.507 e. The average molecular weight is 344 g/mol. The number of aliphatic hydroxyl groups excluding tert-OH is 1. The van der Waals surface area contributed by atoms with Crippen molar-refractivity contribution in [3.05, 3.63) is 45.6 Å². The molecule has 0 unspecified atom stereocenters. The maximum Gasteiger partial charge on any atom is 0.342 e. The Labute approximate surface area is 142 Å². The second-order valence-electron chi connectivity index (χ2n) is 5.40. The number of aromatic hydroxyl groups is 1. The van der Waals surface area contributed by atoms with E-state index in [0.29, 0.717) is 6.42 Å². The smallest absolute Gasteiger partial charge is 0.342 e. The Kier molecular flexibility index (Phi) is 4.33. The van der Waals surface area contributed by atoms with E-state index in [0.717, 1.165) is 12.7 Å². The van der Waals surface area contributed by atoms with Gasteiger partial charge in [0.25, 0.3) is 0 Å². The molecule has 2 aromatic carbocycles. The van der Waals surface area contributed by atoms with Gasteiger partial charge in [0.1, 0.15) is 33.6 Å². The third-order valence-electron chi connectivity index (χ3n) is 3.95. The summed E-state index contributed by atoms with van der Waals surface area (Å²) < 4.78 is 15.7. The number of phenols is 1. The summed E-state index contributed by atoms with van der Waals surface area (Å²) in [6, 6.07) is 5.93. The lowest BCUT2D eigenvalue weighted by atomic mass is 10.0. The van der Waals surface area contributed by atoms with Gasteiger partial charge in [-0.05, 0) is 36.2 Å². The summed E-state index contributed by atoms with van der Waals surface area (Å²) in [5, 5.41) is 19.2. The van der Waals surface area contributed by atoms with Crippen LogP contribution in [0.5, 0.6) is 11.5 Å². The molecule has 0 aliphatic rings. The molecule has 0 amide bonds. The molecule has 0 fully saturated rings. The SMILES string of the molecule is COC(=O)c1c(O)ccc2oc3cc(CCO)cc(OC)c3c(=O)c12. The van der Waals surface area contributed by atoms with Crippen molar-refractivity contribution in [3.63, 3.8) is 0 Å². The monoisotopic (exact) mass is 344 g/mol. The lowest BCUT2D eigenvalue weighted by Gasteiger charge is -2.11. The average Bonchev–Trinajstić information content (AvgIpc) is 2.61. The van der Waals surface area contributed by atoms with E-state index >= 15 is 0 Å². The maximum absolute atomic E-state index is 13.0. The van der Waals surface area contributed by atoms with E-state index in [9.17, 15) is 14.7 Å². The van der Waals surface area contributed by atoms with E-state index in [1.807, 2.05) is 0 Å². The fourth-order valence-electron chi connectivity index (χ4n) is 2.82. The molecule has 0 saturated heterocycles. The van der Waals surface area contributed by atoms with Crippen molar-refractivity contribution >= 4 is 27.9 Å². The molecule has 0 saturated carbocycles. The van der Waals surface area contributed by atoms with E-state index in [-0.39, 0.29) is 45.6 Å². The fraction of sp³-hybridized carbons (Fsp3) is 0.222. The standard InChI is InChI=1S/C18H16O7/c1-23-12-7-9(5-6-19)8-13-15(12)17(21)16-11(25-13)4-3-10(20)14(16)18(22)24-2/h3-4,7-8,19-20H,5-6H2,1-2H3. The molecule has 7 nitrogen and oxygen atoms in total. The van der Waals surface area contributed by atoms with Gasteiger partial charge < -0.3 is 24.1 Å². The molecule has 7 heteroatoms. The molecule has 130 valence electrons. The molecule has 25 heavy (non-hydrogen) atoms. The zero-order valence-corrected chi connectivity index (χ0v) is 13.7. The molecule has 0 spiro atoms. The lowest BCUT2D eigenvalue weighted by molar-refractivity contribution is 0.0599. The summed E-state index contributed by atoms with van der Waals surface area (Å²) in [6.07, 6.45) is 0.372. The number of fused-ring (bicyclic) bond motifs is 2. The van der Waals surface area contributed by atoms with Crippen LogP contribution in [0, 0.1) is 0 Å². The molecular weight excluding hydrogens is 328 g/mol. The van der Waals surface area contributed by atoms with Crippen LogP contribution in [0.2, 0.25) is 0 Å². The van der Waals surface area contributed by atoms with Gasteiger partial charge in [0, 0.05) is 6.61 Å². The molecule has 1 aromatic heterocycles. The van der Waals surface area contributed by atoms with Crippen LogP contribution >= 0.6 is 0 Å². The molecule has 2 N–H and O–H groups in total. The lowest BCUT2D eigenvalue weighted by Crippen LogP contribution is -2.11. The van der Waals surface area contributed by atoms with Crippen LogP contribution in [0.4, 0.5) is 0 Å². The van der Waals surface area contributed by atoms with E-state index in [2.05, 4.69) is 4.74 Å². The van der Waals surface area contributed by atoms with Crippen LogP contribution < -0.4 is 10.2 Å². The highest BCUT2D eigenvalue weighted by atomic mass is 16.5. The van der Waals surface area contributed by atoms with E-state index in [1.54, 1.807) is 12.1 Å². The van der Waals surface area contributed by atoms with Gasteiger partial charge in [-0.25, -0.2) is 4.79 Å². The van der Waals surface area contributed by atoms with Gasteiger partial charge in [0.05, 0.1) is 19.6 Å². The first-order valence-electron chi connectivity index (χ1n) is 7.50. The van der Waals surface area contributed by atoms with Crippen molar-refractivity contribution in [2.45, 2.75) is 6.42 Å². The Hall–Kier alpha value is -3.06. The first kappa shape index (κ1) is 16.8. The molecule has 1 heterocycles. The molecule has 0 radical (unpaired) electrons. The maximum atomic E-state index is 13.0. The Morgan fingerprint density at radius 2 is 1.92 bits per heavy atom. The van der Waals surface area contributed by atoms with Crippen LogP contribution in [0.25, 0.3) is 21.9 Å². The number of benzene rings is 2. The molecule has 0 aliphatic carbocycles. The molecular formula is C18H16O7. The fourth-order valence-corrected chi connectivity index (χ4v) is 2.82. The summed E-state index contributed by atoms with van der Waals surface area (Å²) >= 11 is 0. The summed E-state index contributed by atoms with van der Waals surface area (Å²) in [5.41, 5.74) is 0.374.